The Morgan fingerprint density at radius 3 is 2.65 bits per heavy atom. The van der Waals surface area contributed by atoms with Crippen LogP contribution < -0.4 is 5.32 Å². The first-order valence-corrected chi connectivity index (χ1v) is 7.03. The highest BCUT2D eigenvalue weighted by Crippen LogP contribution is 2.39. The normalized spacial score (nSPS) is 24.4. The van der Waals surface area contributed by atoms with Gasteiger partial charge in [-0.2, -0.15) is 0 Å². The van der Waals surface area contributed by atoms with E-state index < -0.39 is 0 Å². The molecule has 1 saturated carbocycles. The van der Waals surface area contributed by atoms with Crippen molar-refractivity contribution in [3.63, 3.8) is 0 Å². The van der Waals surface area contributed by atoms with Gasteiger partial charge in [-0.25, -0.2) is 0 Å². The Morgan fingerprint density at radius 2 is 1.94 bits per heavy atom. The summed E-state index contributed by atoms with van der Waals surface area (Å²) in [7, 11) is 0. The third kappa shape index (κ3) is 3.57. The topological polar surface area (TPSA) is 12.0 Å². The summed E-state index contributed by atoms with van der Waals surface area (Å²) in [5.41, 5.74) is 1.54. The van der Waals surface area contributed by atoms with Crippen molar-refractivity contribution >= 4 is 0 Å². The summed E-state index contributed by atoms with van der Waals surface area (Å²) in [6, 6.07) is 11.1. The van der Waals surface area contributed by atoms with Crippen LogP contribution in [-0.4, -0.2) is 13.1 Å². The molecule has 1 aliphatic carbocycles. The van der Waals surface area contributed by atoms with Gasteiger partial charge in [0.1, 0.15) is 0 Å². The van der Waals surface area contributed by atoms with Crippen LogP contribution in [0.1, 0.15) is 44.6 Å². The predicted molar refractivity (Wildman–Crippen MR) is 74.2 cm³/mol. The molecule has 0 aromatic heterocycles. The Bertz CT molecular complexity index is 318. The Morgan fingerprint density at radius 1 is 1.18 bits per heavy atom. The lowest BCUT2D eigenvalue weighted by Gasteiger charge is -2.21. The minimum atomic E-state index is 0.756. The van der Waals surface area contributed by atoms with Gasteiger partial charge in [-0.05, 0) is 49.2 Å². The van der Waals surface area contributed by atoms with Crippen LogP contribution in [0.4, 0.5) is 0 Å². The summed E-state index contributed by atoms with van der Waals surface area (Å²) in [5.74, 6) is 2.39. The van der Waals surface area contributed by atoms with Crippen LogP contribution in [0, 0.1) is 11.8 Å². The summed E-state index contributed by atoms with van der Waals surface area (Å²) in [6.07, 6.45) is 4.16. The van der Waals surface area contributed by atoms with Gasteiger partial charge in [0, 0.05) is 0 Å². The maximum atomic E-state index is 3.63. The van der Waals surface area contributed by atoms with Gasteiger partial charge in [0.15, 0.2) is 0 Å². The smallest absolute Gasteiger partial charge is 0.00146 e. The molecule has 1 aliphatic rings. The Hall–Kier alpha value is -0.820. The molecule has 1 heteroatoms. The standard InChI is InChI=1S/C16H25N/c1-13(2)11-17-12-15-9-6-10-16(15)14-7-4-3-5-8-14/h3-5,7-8,13,15-17H,6,9-12H2,1-2H3. The van der Waals surface area contributed by atoms with E-state index >= 15 is 0 Å². The highest BCUT2D eigenvalue weighted by molar-refractivity contribution is 5.21. The molecule has 0 radical (unpaired) electrons. The van der Waals surface area contributed by atoms with E-state index in [4.69, 9.17) is 0 Å². The fraction of sp³-hybridized carbons (Fsp3) is 0.625. The molecular formula is C16H25N. The first-order valence-electron chi connectivity index (χ1n) is 7.03. The van der Waals surface area contributed by atoms with E-state index in [9.17, 15) is 0 Å². The zero-order valence-corrected chi connectivity index (χ0v) is 11.2. The van der Waals surface area contributed by atoms with E-state index in [-0.39, 0.29) is 0 Å². The molecule has 2 atom stereocenters. The number of hydrogen-bond donors (Lipinski definition) is 1. The highest BCUT2D eigenvalue weighted by Gasteiger charge is 2.27. The summed E-state index contributed by atoms with van der Waals surface area (Å²) in [6.45, 7) is 6.89. The van der Waals surface area contributed by atoms with Crippen LogP contribution in [-0.2, 0) is 0 Å². The predicted octanol–water partition coefficient (Wildman–Crippen LogP) is 3.82. The summed E-state index contributed by atoms with van der Waals surface area (Å²) in [5, 5.41) is 3.63. The second-order valence-corrected chi connectivity index (χ2v) is 5.76. The fourth-order valence-corrected chi connectivity index (χ4v) is 2.98. The number of hydrogen-bond acceptors (Lipinski definition) is 1. The average molecular weight is 231 g/mol. The third-order valence-electron chi connectivity index (χ3n) is 3.85. The van der Waals surface area contributed by atoms with Crippen molar-refractivity contribution in [2.45, 2.75) is 39.0 Å². The van der Waals surface area contributed by atoms with Crippen molar-refractivity contribution in [2.75, 3.05) is 13.1 Å². The van der Waals surface area contributed by atoms with Crippen molar-refractivity contribution in [3.05, 3.63) is 35.9 Å². The highest BCUT2D eigenvalue weighted by atomic mass is 14.9. The van der Waals surface area contributed by atoms with Gasteiger partial charge >= 0.3 is 0 Å². The van der Waals surface area contributed by atoms with Gasteiger partial charge in [-0.1, -0.05) is 50.6 Å². The summed E-state index contributed by atoms with van der Waals surface area (Å²) >= 11 is 0. The van der Waals surface area contributed by atoms with Gasteiger partial charge in [0.2, 0.25) is 0 Å². The maximum absolute atomic E-state index is 3.63. The van der Waals surface area contributed by atoms with Crippen molar-refractivity contribution in [2.24, 2.45) is 11.8 Å². The zero-order chi connectivity index (χ0) is 12.1. The van der Waals surface area contributed by atoms with E-state index in [0.717, 1.165) is 24.3 Å². The van der Waals surface area contributed by atoms with Crippen LogP contribution in [0.15, 0.2) is 30.3 Å². The quantitative estimate of drug-likeness (QED) is 0.812. The molecule has 17 heavy (non-hydrogen) atoms. The summed E-state index contributed by atoms with van der Waals surface area (Å²) in [4.78, 5) is 0. The van der Waals surface area contributed by atoms with Gasteiger partial charge in [0.05, 0.1) is 0 Å². The largest absolute Gasteiger partial charge is 0.316 e. The molecule has 0 bridgehead atoms. The minimum Gasteiger partial charge on any atom is -0.316 e. The molecule has 1 fully saturated rings. The molecule has 0 heterocycles. The van der Waals surface area contributed by atoms with Crippen LogP contribution in [0.25, 0.3) is 0 Å². The fourth-order valence-electron chi connectivity index (χ4n) is 2.98. The van der Waals surface area contributed by atoms with Crippen molar-refractivity contribution < 1.29 is 0 Å². The van der Waals surface area contributed by atoms with Crippen LogP contribution in [0.5, 0.6) is 0 Å². The molecule has 0 aliphatic heterocycles. The number of nitrogens with one attached hydrogen (secondary N) is 1. The maximum Gasteiger partial charge on any atom is -0.00146 e. The first kappa shape index (κ1) is 12.6. The molecular weight excluding hydrogens is 206 g/mol. The third-order valence-corrected chi connectivity index (χ3v) is 3.85. The first-order chi connectivity index (χ1) is 8.27. The van der Waals surface area contributed by atoms with Crippen molar-refractivity contribution in [1.29, 1.82) is 0 Å². The monoisotopic (exact) mass is 231 g/mol. The van der Waals surface area contributed by atoms with Gasteiger partial charge in [-0.15, -0.1) is 0 Å². The zero-order valence-electron chi connectivity index (χ0n) is 11.2. The van der Waals surface area contributed by atoms with Crippen LogP contribution in [0.2, 0.25) is 0 Å². The molecule has 1 N–H and O–H groups in total. The van der Waals surface area contributed by atoms with Gasteiger partial charge < -0.3 is 5.32 Å². The van der Waals surface area contributed by atoms with Crippen molar-refractivity contribution in [1.82, 2.24) is 5.32 Å². The van der Waals surface area contributed by atoms with Gasteiger partial charge in [-0.3, -0.25) is 0 Å². The van der Waals surface area contributed by atoms with E-state index in [1.165, 1.54) is 25.8 Å². The number of benzene rings is 1. The molecule has 1 aromatic carbocycles. The second-order valence-electron chi connectivity index (χ2n) is 5.76. The molecule has 0 saturated heterocycles. The number of rotatable bonds is 5. The van der Waals surface area contributed by atoms with E-state index in [1.54, 1.807) is 5.56 Å². The molecule has 0 amide bonds. The van der Waals surface area contributed by atoms with E-state index in [0.29, 0.717) is 0 Å². The lowest BCUT2D eigenvalue weighted by Crippen LogP contribution is -2.27. The molecule has 2 rings (SSSR count). The van der Waals surface area contributed by atoms with Gasteiger partial charge in [0.25, 0.3) is 0 Å². The Labute approximate surface area is 106 Å². The minimum absolute atomic E-state index is 0.756. The van der Waals surface area contributed by atoms with Crippen LogP contribution >= 0.6 is 0 Å². The Kier molecular flexibility index (Phi) is 4.61. The molecule has 1 nitrogen and oxygen atoms in total. The summed E-state index contributed by atoms with van der Waals surface area (Å²) < 4.78 is 0. The SMILES string of the molecule is CC(C)CNCC1CCCC1c1ccccc1. The average Bonchev–Trinajstić information content (AvgIpc) is 2.78. The van der Waals surface area contributed by atoms with Crippen molar-refractivity contribution in [3.8, 4) is 0 Å². The van der Waals surface area contributed by atoms with E-state index in [2.05, 4.69) is 49.5 Å². The molecule has 1 aromatic rings. The molecule has 0 spiro atoms. The lowest BCUT2D eigenvalue weighted by molar-refractivity contribution is 0.425. The van der Waals surface area contributed by atoms with E-state index in [1.807, 2.05) is 0 Å². The molecule has 94 valence electrons. The second kappa shape index (κ2) is 6.20. The Balaban J connectivity index is 1.89. The lowest BCUT2D eigenvalue weighted by atomic mass is 9.89. The molecule has 2 unspecified atom stereocenters. The van der Waals surface area contributed by atoms with Crippen LogP contribution in [0.3, 0.4) is 0 Å².